The highest BCUT2D eigenvalue weighted by Crippen LogP contribution is 2.20. The normalized spacial score (nSPS) is 37.4. The van der Waals surface area contributed by atoms with Crippen LogP contribution in [0.4, 0.5) is 0 Å². The summed E-state index contributed by atoms with van der Waals surface area (Å²) < 4.78 is 0. The summed E-state index contributed by atoms with van der Waals surface area (Å²) in [5.41, 5.74) is 0. The van der Waals surface area contributed by atoms with E-state index in [-0.39, 0.29) is 0 Å². The molecule has 76 valence electrons. The van der Waals surface area contributed by atoms with E-state index in [0.29, 0.717) is 0 Å². The third-order valence-electron chi connectivity index (χ3n) is 3.51. The molecule has 0 saturated carbocycles. The minimum Gasteiger partial charge on any atom is -0.306 e. The highest BCUT2D eigenvalue weighted by molar-refractivity contribution is 4.79. The molecular weight excluding hydrogens is 160 g/mol. The van der Waals surface area contributed by atoms with Gasteiger partial charge in [-0.1, -0.05) is 6.92 Å². The lowest BCUT2D eigenvalue weighted by molar-refractivity contribution is 0.268. The Balaban J connectivity index is 1.72. The topological polar surface area (TPSA) is 6.48 Å². The molecule has 2 aliphatic heterocycles. The van der Waals surface area contributed by atoms with E-state index in [1.165, 1.54) is 45.6 Å². The van der Waals surface area contributed by atoms with E-state index in [0.717, 1.165) is 11.8 Å². The molecule has 0 amide bonds. The summed E-state index contributed by atoms with van der Waals surface area (Å²) in [7, 11) is 2.24. The van der Waals surface area contributed by atoms with Gasteiger partial charge in [0, 0.05) is 19.6 Å². The quantitative estimate of drug-likeness (QED) is 0.635. The van der Waals surface area contributed by atoms with Crippen LogP contribution in [0.3, 0.4) is 0 Å². The second kappa shape index (κ2) is 3.97. The Morgan fingerprint density at radius 1 is 1.15 bits per heavy atom. The molecule has 2 fully saturated rings. The fraction of sp³-hybridized carbons (Fsp3) is 1.00. The number of hydrogen-bond donors (Lipinski definition) is 0. The molecule has 0 aliphatic carbocycles. The molecule has 2 nitrogen and oxygen atoms in total. The number of nitrogens with zero attached hydrogens (tertiary/aromatic N) is 2. The lowest BCUT2D eigenvalue weighted by atomic mass is 10.1. The van der Waals surface area contributed by atoms with E-state index in [2.05, 4.69) is 23.8 Å². The maximum Gasteiger partial charge on any atom is 0.00225 e. The van der Waals surface area contributed by atoms with Gasteiger partial charge in [0.25, 0.3) is 0 Å². The first-order valence-corrected chi connectivity index (χ1v) is 5.65. The highest BCUT2D eigenvalue weighted by atomic mass is 15.2. The van der Waals surface area contributed by atoms with Crippen LogP contribution in [0.5, 0.6) is 0 Å². The van der Waals surface area contributed by atoms with Crippen LogP contribution in [0, 0.1) is 11.8 Å². The Hall–Kier alpha value is -0.0800. The lowest BCUT2D eigenvalue weighted by Crippen LogP contribution is -2.28. The van der Waals surface area contributed by atoms with Gasteiger partial charge in [-0.15, -0.1) is 0 Å². The maximum atomic E-state index is 2.66. The molecule has 2 atom stereocenters. The van der Waals surface area contributed by atoms with Crippen molar-refractivity contribution in [2.75, 3.05) is 39.8 Å². The van der Waals surface area contributed by atoms with Gasteiger partial charge in [-0.2, -0.15) is 0 Å². The summed E-state index contributed by atoms with van der Waals surface area (Å²) in [5, 5.41) is 0. The molecule has 2 heterocycles. The summed E-state index contributed by atoms with van der Waals surface area (Å²) in [6.07, 6.45) is 2.84. The molecule has 0 aromatic carbocycles. The Morgan fingerprint density at radius 2 is 2.00 bits per heavy atom. The van der Waals surface area contributed by atoms with Crippen molar-refractivity contribution in [2.24, 2.45) is 11.8 Å². The van der Waals surface area contributed by atoms with Crippen LogP contribution in [-0.4, -0.2) is 49.6 Å². The molecule has 0 spiro atoms. The number of hydrogen-bond acceptors (Lipinski definition) is 2. The Bertz CT molecular complexity index is 151. The van der Waals surface area contributed by atoms with Crippen molar-refractivity contribution >= 4 is 0 Å². The molecule has 0 aromatic heterocycles. The average Bonchev–Trinajstić information content (AvgIpc) is 2.62. The average molecular weight is 182 g/mol. The molecule has 2 heteroatoms. The zero-order valence-corrected chi connectivity index (χ0v) is 9.00. The third-order valence-corrected chi connectivity index (χ3v) is 3.51. The van der Waals surface area contributed by atoms with Gasteiger partial charge in [-0.25, -0.2) is 0 Å². The van der Waals surface area contributed by atoms with Gasteiger partial charge in [-0.05, 0) is 44.8 Å². The van der Waals surface area contributed by atoms with Crippen molar-refractivity contribution in [3.05, 3.63) is 0 Å². The molecule has 2 rings (SSSR count). The summed E-state index contributed by atoms with van der Waals surface area (Å²) in [6, 6.07) is 0. The minimum absolute atomic E-state index is 0.944. The second-order valence-corrected chi connectivity index (χ2v) is 5.07. The van der Waals surface area contributed by atoms with E-state index >= 15 is 0 Å². The van der Waals surface area contributed by atoms with Crippen LogP contribution in [0.25, 0.3) is 0 Å². The monoisotopic (exact) mass is 182 g/mol. The summed E-state index contributed by atoms with van der Waals surface area (Å²) in [6.45, 7) is 9.07. The van der Waals surface area contributed by atoms with Crippen molar-refractivity contribution < 1.29 is 0 Å². The van der Waals surface area contributed by atoms with Crippen LogP contribution in [-0.2, 0) is 0 Å². The smallest absolute Gasteiger partial charge is 0.00225 e. The van der Waals surface area contributed by atoms with Crippen LogP contribution in [0.2, 0.25) is 0 Å². The minimum atomic E-state index is 0.944. The summed E-state index contributed by atoms with van der Waals surface area (Å²) in [4.78, 5) is 5.12. The van der Waals surface area contributed by atoms with Crippen LogP contribution >= 0.6 is 0 Å². The standard InChI is InChI=1S/C11H22N2/c1-10-3-6-13(7-10)9-11-4-5-12(2)8-11/h10-11H,3-9H2,1-2H3/t10-,11?/m0/s1. The fourth-order valence-corrected chi connectivity index (χ4v) is 2.73. The fourth-order valence-electron chi connectivity index (χ4n) is 2.73. The zero-order valence-electron chi connectivity index (χ0n) is 9.00. The van der Waals surface area contributed by atoms with Gasteiger partial charge >= 0.3 is 0 Å². The predicted octanol–water partition coefficient (Wildman–Crippen LogP) is 1.28. The van der Waals surface area contributed by atoms with Gasteiger partial charge in [0.2, 0.25) is 0 Å². The van der Waals surface area contributed by atoms with Gasteiger partial charge in [0.15, 0.2) is 0 Å². The van der Waals surface area contributed by atoms with Crippen molar-refractivity contribution in [1.82, 2.24) is 9.80 Å². The number of rotatable bonds is 2. The van der Waals surface area contributed by atoms with Crippen LogP contribution < -0.4 is 0 Å². The number of likely N-dealkylation sites (tertiary alicyclic amines) is 2. The van der Waals surface area contributed by atoms with Crippen molar-refractivity contribution in [1.29, 1.82) is 0 Å². The first kappa shape index (κ1) is 9.47. The molecule has 1 unspecified atom stereocenters. The molecule has 0 aromatic rings. The summed E-state index contributed by atoms with van der Waals surface area (Å²) in [5.74, 6) is 1.90. The van der Waals surface area contributed by atoms with Gasteiger partial charge in [0.1, 0.15) is 0 Å². The van der Waals surface area contributed by atoms with E-state index in [1.807, 2.05) is 0 Å². The molecule has 2 saturated heterocycles. The van der Waals surface area contributed by atoms with Crippen molar-refractivity contribution in [3.63, 3.8) is 0 Å². The SMILES string of the molecule is C[C@H]1CCN(CC2CCN(C)C2)C1. The summed E-state index contributed by atoms with van der Waals surface area (Å²) >= 11 is 0. The van der Waals surface area contributed by atoms with E-state index in [1.54, 1.807) is 0 Å². The largest absolute Gasteiger partial charge is 0.306 e. The van der Waals surface area contributed by atoms with Crippen LogP contribution in [0.15, 0.2) is 0 Å². The zero-order chi connectivity index (χ0) is 9.26. The molecule has 0 radical (unpaired) electrons. The van der Waals surface area contributed by atoms with Gasteiger partial charge in [0.05, 0.1) is 0 Å². The molecule has 0 N–H and O–H groups in total. The third kappa shape index (κ3) is 2.44. The Morgan fingerprint density at radius 3 is 2.54 bits per heavy atom. The first-order valence-electron chi connectivity index (χ1n) is 5.65. The van der Waals surface area contributed by atoms with Gasteiger partial charge in [-0.3, -0.25) is 0 Å². The van der Waals surface area contributed by atoms with E-state index < -0.39 is 0 Å². The predicted molar refractivity (Wildman–Crippen MR) is 55.8 cm³/mol. The van der Waals surface area contributed by atoms with E-state index in [9.17, 15) is 0 Å². The molecular formula is C11H22N2. The Labute approximate surface area is 81.9 Å². The Kier molecular flexibility index (Phi) is 2.89. The first-order chi connectivity index (χ1) is 6.24. The molecule has 0 bridgehead atoms. The van der Waals surface area contributed by atoms with Crippen molar-refractivity contribution in [2.45, 2.75) is 19.8 Å². The van der Waals surface area contributed by atoms with Gasteiger partial charge < -0.3 is 9.80 Å². The van der Waals surface area contributed by atoms with Crippen LogP contribution in [0.1, 0.15) is 19.8 Å². The van der Waals surface area contributed by atoms with Crippen molar-refractivity contribution in [3.8, 4) is 0 Å². The molecule has 13 heavy (non-hydrogen) atoms. The molecule has 2 aliphatic rings. The lowest BCUT2D eigenvalue weighted by Gasteiger charge is -2.19. The maximum absolute atomic E-state index is 2.66. The second-order valence-electron chi connectivity index (χ2n) is 5.07. The van der Waals surface area contributed by atoms with E-state index in [4.69, 9.17) is 0 Å². The highest BCUT2D eigenvalue weighted by Gasteiger charge is 2.25.